The van der Waals surface area contributed by atoms with E-state index in [1.807, 2.05) is 7.05 Å². The second kappa shape index (κ2) is 8.34. The van der Waals surface area contributed by atoms with Gasteiger partial charge in [0, 0.05) is 26.7 Å². The van der Waals surface area contributed by atoms with Gasteiger partial charge in [0.1, 0.15) is 0 Å². The van der Waals surface area contributed by atoms with Gasteiger partial charge in [0.25, 0.3) is 0 Å². The van der Waals surface area contributed by atoms with Crippen LogP contribution in [-0.4, -0.2) is 55.5 Å². The minimum absolute atomic E-state index is 0.976. The van der Waals surface area contributed by atoms with Gasteiger partial charge in [-0.3, -0.25) is 4.99 Å². The van der Waals surface area contributed by atoms with Gasteiger partial charge >= 0.3 is 0 Å². The largest absolute Gasteiger partial charge is 0.356 e. The molecule has 0 atom stereocenters. The highest BCUT2D eigenvalue weighted by atomic mass is 15.3. The van der Waals surface area contributed by atoms with Crippen molar-refractivity contribution < 1.29 is 0 Å². The molecule has 2 aliphatic rings. The van der Waals surface area contributed by atoms with E-state index in [-0.39, 0.29) is 0 Å². The molecular formula is C19H30N4. The second-order valence-corrected chi connectivity index (χ2v) is 6.67. The molecule has 3 rings (SSSR count). The highest BCUT2D eigenvalue weighted by Gasteiger charge is 2.18. The minimum atomic E-state index is 0.976. The Labute approximate surface area is 140 Å². The van der Waals surface area contributed by atoms with Crippen molar-refractivity contribution in [2.45, 2.75) is 38.6 Å². The number of nitrogens with zero attached hydrogens (tertiary/aromatic N) is 3. The van der Waals surface area contributed by atoms with Gasteiger partial charge in [-0.25, -0.2) is 0 Å². The first-order chi connectivity index (χ1) is 11.4. The molecule has 1 saturated heterocycles. The zero-order valence-corrected chi connectivity index (χ0v) is 14.4. The van der Waals surface area contributed by atoms with Gasteiger partial charge in [0.05, 0.1) is 0 Å². The molecule has 23 heavy (non-hydrogen) atoms. The van der Waals surface area contributed by atoms with Crippen LogP contribution in [0.1, 0.15) is 36.8 Å². The van der Waals surface area contributed by atoms with E-state index < -0.39 is 0 Å². The SMILES string of the molecule is CN=C(NCCCCN1CCCC1)N1CCc2ccccc2C1. The highest BCUT2D eigenvalue weighted by Crippen LogP contribution is 2.18. The maximum atomic E-state index is 4.48. The number of hydrogen-bond donors (Lipinski definition) is 1. The van der Waals surface area contributed by atoms with Crippen LogP contribution in [0.3, 0.4) is 0 Å². The van der Waals surface area contributed by atoms with E-state index in [0.29, 0.717) is 0 Å². The lowest BCUT2D eigenvalue weighted by Crippen LogP contribution is -2.44. The molecule has 1 aromatic carbocycles. The highest BCUT2D eigenvalue weighted by molar-refractivity contribution is 5.80. The lowest BCUT2D eigenvalue weighted by Gasteiger charge is -2.31. The average molecular weight is 314 g/mol. The van der Waals surface area contributed by atoms with E-state index in [1.54, 1.807) is 0 Å². The van der Waals surface area contributed by atoms with Crippen molar-refractivity contribution in [2.75, 3.05) is 39.8 Å². The molecule has 1 aromatic rings. The number of likely N-dealkylation sites (tertiary alicyclic amines) is 1. The molecule has 0 bridgehead atoms. The Bertz CT molecular complexity index is 520. The molecule has 1 N–H and O–H groups in total. The number of benzene rings is 1. The van der Waals surface area contributed by atoms with E-state index in [9.17, 15) is 0 Å². The fourth-order valence-corrected chi connectivity index (χ4v) is 3.68. The topological polar surface area (TPSA) is 30.9 Å². The molecule has 2 aliphatic heterocycles. The quantitative estimate of drug-likeness (QED) is 0.515. The first kappa shape index (κ1) is 16.3. The van der Waals surface area contributed by atoms with Crippen LogP contribution in [0.2, 0.25) is 0 Å². The summed E-state index contributed by atoms with van der Waals surface area (Å²) in [5.41, 5.74) is 2.93. The molecule has 4 heteroatoms. The van der Waals surface area contributed by atoms with Crippen LogP contribution >= 0.6 is 0 Å². The van der Waals surface area contributed by atoms with Crippen LogP contribution in [0.15, 0.2) is 29.3 Å². The summed E-state index contributed by atoms with van der Waals surface area (Å²) >= 11 is 0. The number of hydrogen-bond acceptors (Lipinski definition) is 2. The Balaban J connectivity index is 1.40. The smallest absolute Gasteiger partial charge is 0.193 e. The summed E-state index contributed by atoms with van der Waals surface area (Å²) in [5.74, 6) is 1.06. The number of rotatable bonds is 5. The van der Waals surface area contributed by atoms with Gasteiger partial charge in [-0.15, -0.1) is 0 Å². The number of aliphatic imine (C=N–C) groups is 1. The predicted molar refractivity (Wildman–Crippen MR) is 96.8 cm³/mol. The maximum Gasteiger partial charge on any atom is 0.193 e. The maximum absolute atomic E-state index is 4.48. The number of fused-ring (bicyclic) bond motifs is 1. The molecule has 0 saturated carbocycles. The molecular weight excluding hydrogens is 284 g/mol. The second-order valence-electron chi connectivity index (χ2n) is 6.67. The van der Waals surface area contributed by atoms with Crippen LogP contribution in [0.25, 0.3) is 0 Å². The van der Waals surface area contributed by atoms with Crippen LogP contribution in [-0.2, 0) is 13.0 Å². The van der Waals surface area contributed by atoms with Gasteiger partial charge < -0.3 is 15.1 Å². The van der Waals surface area contributed by atoms with Gasteiger partial charge in [0.15, 0.2) is 5.96 Å². The fraction of sp³-hybridized carbons (Fsp3) is 0.632. The van der Waals surface area contributed by atoms with Crippen molar-refractivity contribution in [3.8, 4) is 0 Å². The standard InChI is InChI=1S/C19H30N4/c1-20-19(21-11-4-5-12-22-13-6-7-14-22)23-15-10-17-8-2-3-9-18(17)16-23/h2-3,8-9H,4-7,10-16H2,1H3,(H,20,21). The third-order valence-corrected chi connectivity index (χ3v) is 5.02. The summed E-state index contributed by atoms with van der Waals surface area (Å²) in [5, 5.41) is 3.55. The van der Waals surface area contributed by atoms with Crippen LogP contribution in [0, 0.1) is 0 Å². The van der Waals surface area contributed by atoms with Crippen molar-refractivity contribution in [2.24, 2.45) is 4.99 Å². The Morgan fingerprint density at radius 3 is 2.65 bits per heavy atom. The first-order valence-electron chi connectivity index (χ1n) is 9.11. The third-order valence-electron chi connectivity index (χ3n) is 5.02. The summed E-state index contributed by atoms with van der Waals surface area (Å²) in [6.45, 7) is 6.94. The zero-order chi connectivity index (χ0) is 15.9. The Kier molecular flexibility index (Phi) is 5.92. The Hall–Kier alpha value is -1.55. The van der Waals surface area contributed by atoms with E-state index in [4.69, 9.17) is 0 Å². The first-order valence-corrected chi connectivity index (χ1v) is 9.11. The lowest BCUT2D eigenvalue weighted by atomic mass is 10.0. The normalized spacial score (nSPS) is 19.0. The van der Waals surface area contributed by atoms with Gasteiger partial charge in [0.2, 0.25) is 0 Å². The zero-order valence-electron chi connectivity index (χ0n) is 14.4. The van der Waals surface area contributed by atoms with Gasteiger partial charge in [-0.05, 0) is 62.9 Å². The van der Waals surface area contributed by atoms with Crippen LogP contribution in [0.4, 0.5) is 0 Å². The minimum Gasteiger partial charge on any atom is -0.356 e. The molecule has 4 nitrogen and oxygen atoms in total. The fourth-order valence-electron chi connectivity index (χ4n) is 3.68. The predicted octanol–water partition coefficient (Wildman–Crippen LogP) is 2.50. The molecule has 1 fully saturated rings. The molecule has 0 unspecified atom stereocenters. The van der Waals surface area contributed by atoms with Crippen molar-refractivity contribution in [1.82, 2.24) is 15.1 Å². The average Bonchev–Trinajstić information content (AvgIpc) is 3.11. The molecule has 0 spiro atoms. The van der Waals surface area contributed by atoms with Crippen molar-refractivity contribution >= 4 is 5.96 Å². The molecule has 0 amide bonds. The van der Waals surface area contributed by atoms with Crippen molar-refractivity contribution in [3.05, 3.63) is 35.4 Å². The van der Waals surface area contributed by atoms with Gasteiger partial charge in [-0.1, -0.05) is 24.3 Å². The lowest BCUT2D eigenvalue weighted by molar-refractivity contribution is 0.329. The Morgan fingerprint density at radius 2 is 1.87 bits per heavy atom. The number of unbranched alkanes of at least 4 members (excludes halogenated alkanes) is 1. The summed E-state index contributed by atoms with van der Waals surface area (Å²) in [6, 6.07) is 8.77. The van der Waals surface area contributed by atoms with E-state index >= 15 is 0 Å². The van der Waals surface area contributed by atoms with E-state index in [2.05, 4.69) is 44.4 Å². The van der Waals surface area contributed by atoms with Crippen LogP contribution < -0.4 is 5.32 Å². The van der Waals surface area contributed by atoms with E-state index in [1.165, 1.54) is 56.4 Å². The molecule has 126 valence electrons. The van der Waals surface area contributed by atoms with Gasteiger partial charge in [-0.2, -0.15) is 0 Å². The Morgan fingerprint density at radius 1 is 1.09 bits per heavy atom. The summed E-state index contributed by atoms with van der Waals surface area (Å²) in [7, 11) is 1.90. The van der Waals surface area contributed by atoms with E-state index in [0.717, 1.165) is 32.0 Å². The molecule has 0 radical (unpaired) electrons. The van der Waals surface area contributed by atoms with Crippen molar-refractivity contribution in [1.29, 1.82) is 0 Å². The number of nitrogens with one attached hydrogen (secondary N) is 1. The molecule has 0 aliphatic carbocycles. The number of guanidine groups is 1. The van der Waals surface area contributed by atoms with Crippen molar-refractivity contribution in [3.63, 3.8) is 0 Å². The summed E-state index contributed by atoms with van der Waals surface area (Å²) in [4.78, 5) is 9.45. The summed E-state index contributed by atoms with van der Waals surface area (Å²) in [6.07, 6.45) is 6.40. The summed E-state index contributed by atoms with van der Waals surface area (Å²) < 4.78 is 0. The van der Waals surface area contributed by atoms with Crippen LogP contribution in [0.5, 0.6) is 0 Å². The molecule has 0 aromatic heterocycles. The molecule has 2 heterocycles. The third kappa shape index (κ3) is 4.47. The monoisotopic (exact) mass is 314 g/mol.